The summed E-state index contributed by atoms with van der Waals surface area (Å²) in [5.74, 6) is 1.93. The standard InChI is InChI=1S/C45H57N3/c1-11-13-14-15-29-45(9,10)42-47-46-41(37-18-16-17-35(31-37)33-19-24-38(25-20-33)43(3,4)5)48(42)40-28-23-36(30-32(40)12-2)34-21-26-39(27-22-34)44(6,7)8/h16-28,30-31H,11-15,29H2,1-10H3. The molecule has 0 fully saturated rings. The molecule has 0 amide bonds. The zero-order valence-electron chi connectivity index (χ0n) is 31.2. The highest BCUT2D eigenvalue weighted by Gasteiger charge is 2.30. The minimum absolute atomic E-state index is 0.124. The minimum Gasteiger partial charge on any atom is -0.278 e. The molecule has 0 unspecified atom stereocenters. The molecule has 0 bridgehead atoms. The van der Waals surface area contributed by atoms with E-state index >= 15 is 0 Å². The van der Waals surface area contributed by atoms with Gasteiger partial charge in [0.15, 0.2) is 5.82 Å². The van der Waals surface area contributed by atoms with Gasteiger partial charge < -0.3 is 0 Å². The van der Waals surface area contributed by atoms with E-state index in [0.29, 0.717) is 0 Å². The molecule has 5 aromatic rings. The summed E-state index contributed by atoms with van der Waals surface area (Å²) < 4.78 is 2.37. The van der Waals surface area contributed by atoms with E-state index in [1.54, 1.807) is 0 Å². The molecule has 48 heavy (non-hydrogen) atoms. The number of aromatic nitrogens is 3. The van der Waals surface area contributed by atoms with Crippen molar-refractivity contribution in [3.8, 4) is 39.3 Å². The molecule has 4 aromatic carbocycles. The molecule has 0 aliphatic heterocycles. The summed E-state index contributed by atoms with van der Waals surface area (Å²) in [5.41, 5.74) is 11.3. The summed E-state index contributed by atoms with van der Waals surface area (Å²) in [6.45, 7) is 22.8. The molecule has 252 valence electrons. The van der Waals surface area contributed by atoms with Gasteiger partial charge in [-0.25, -0.2) is 0 Å². The number of hydrogen-bond acceptors (Lipinski definition) is 2. The number of benzene rings is 4. The van der Waals surface area contributed by atoms with Crippen LogP contribution in [-0.4, -0.2) is 14.8 Å². The molecule has 0 aliphatic carbocycles. The molecule has 0 radical (unpaired) electrons. The van der Waals surface area contributed by atoms with Crippen molar-refractivity contribution >= 4 is 0 Å². The number of hydrogen-bond donors (Lipinski definition) is 0. The zero-order valence-corrected chi connectivity index (χ0v) is 31.2. The summed E-state index contributed by atoms with van der Waals surface area (Å²) in [6, 6.07) is 33.9. The lowest BCUT2D eigenvalue weighted by Crippen LogP contribution is -2.23. The van der Waals surface area contributed by atoms with Crippen molar-refractivity contribution in [3.63, 3.8) is 0 Å². The lowest BCUT2D eigenvalue weighted by Gasteiger charge is -2.26. The van der Waals surface area contributed by atoms with Crippen molar-refractivity contribution in [2.45, 2.75) is 124 Å². The second-order valence-electron chi connectivity index (χ2n) is 16.3. The highest BCUT2D eigenvalue weighted by molar-refractivity contribution is 5.73. The first-order chi connectivity index (χ1) is 22.7. The van der Waals surface area contributed by atoms with E-state index in [0.717, 1.165) is 30.1 Å². The second-order valence-corrected chi connectivity index (χ2v) is 16.3. The van der Waals surface area contributed by atoms with Crippen molar-refractivity contribution in [3.05, 3.63) is 114 Å². The Labute approximate surface area is 290 Å². The molecule has 3 heteroatoms. The molecule has 5 rings (SSSR count). The number of aryl methyl sites for hydroxylation is 1. The first-order valence-electron chi connectivity index (χ1n) is 18.1. The van der Waals surface area contributed by atoms with Crippen LogP contribution in [0.25, 0.3) is 39.3 Å². The number of rotatable bonds is 11. The smallest absolute Gasteiger partial charge is 0.168 e. The molecule has 1 aromatic heterocycles. The third-order valence-corrected chi connectivity index (χ3v) is 9.91. The van der Waals surface area contributed by atoms with Crippen LogP contribution in [-0.2, 0) is 22.7 Å². The van der Waals surface area contributed by atoms with Crippen molar-refractivity contribution in [1.82, 2.24) is 14.8 Å². The van der Waals surface area contributed by atoms with Gasteiger partial charge >= 0.3 is 0 Å². The van der Waals surface area contributed by atoms with E-state index in [9.17, 15) is 0 Å². The van der Waals surface area contributed by atoms with E-state index in [2.05, 4.69) is 165 Å². The van der Waals surface area contributed by atoms with Crippen molar-refractivity contribution in [1.29, 1.82) is 0 Å². The summed E-state index contributed by atoms with van der Waals surface area (Å²) >= 11 is 0. The quantitative estimate of drug-likeness (QED) is 0.135. The number of nitrogens with zero attached hydrogens (tertiary/aromatic N) is 3. The second kappa shape index (κ2) is 14.2. The van der Waals surface area contributed by atoms with Crippen molar-refractivity contribution in [2.75, 3.05) is 0 Å². The Balaban J connectivity index is 1.61. The van der Waals surface area contributed by atoms with Crippen LogP contribution in [0.2, 0.25) is 0 Å². The molecule has 0 N–H and O–H groups in total. The van der Waals surface area contributed by atoms with Gasteiger partial charge in [0.05, 0.1) is 5.69 Å². The summed E-state index contributed by atoms with van der Waals surface area (Å²) in [4.78, 5) is 0. The Morgan fingerprint density at radius 3 is 1.62 bits per heavy atom. The molecule has 1 heterocycles. The molecule has 0 spiro atoms. The Bertz CT molecular complexity index is 1810. The predicted octanol–water partition coefficient (Wildman–Crippen LogP) is 12.7. The highest BCUT2D eigenvalue weighted by atomic mass is 15.3. The van der Waals surface area contributed by atoms with Crippen LogP contribution >= 0.6 is 0 Å². The van der Waals surface area contributed by atoms with Crippen LogP contribution in [0.15, 0.2) is 91.0 Å². The maximum absolute atomic E-state index is 4.98. The Kier molecular flexibility index (Phi) is 10.5. The predicted molar refractivity (Wildman–Crippen MR) is 206 cm³/mol. The van der Waals surface area contributed by atoms with Gasteiger partial charge in [0.2, 0.25) is 0 Å². The van der Waals surface area contributed by atoms with Crippen molar-refractivity contribution < 1.29 is 0 Å². The first kappa shape index (κ1) is 35.3. The molecular weight excluding hydrogens is 583 g/mol. The van der Waals surface area contributed by atoms with E-state index in [4.69, 9.17) is 10.2 Å². The largest absolute Gasteiger partial charge is 0.278 e. The van der Waals surface area contributed by atoms with Crippen LogP contribution in [0.3, 0.4) is 0 Å². The van der Waals surface area contributed by atoms with Gasteiger partial charge in [0.25, 0.3) is 0 Å². The van der Waals surface area contributed by atoms with E-state index in [1.165, 1.54) is 70.3 Å². The van der Waals surface area contributed by atoms with Crippen LogP contribution in [0.5, 0.6) is 0 Å². The lowest BCUT2D eigenvalue weighted by atomic mass is 9.85. The van der Waals surface area contributed by atoms with Crippen LogP contribution in [0, 0.1) is 0 Å². The summed E-state index contributed by atoms with van der Waals surface area (Å²) in [5, 5.41) is 9.94. The van der Waals surface area contributed by atoms with Crippen LogP contribution in [0.4, 0.5) is 0 Å². The van der Waals surface area contributed by atoms with Gasteiger partial charge in [0, 0.05) is 11.0 Å². The number of unbranched alkanes of at least 4 members (excludes halogenated alkanes) is 3. The SMILES string of the molecule is CCCCCCC(C)(C)c1nnc(-c2cccc(-c3ccc(C(C)(C)C)cc3)c2)n1-c1ccc(-c2ccc(C(C)(C)C)cc2)cc1CC. The minimum atomic E-state index is -0.133. The molecular formula is C45H57N3. The fourth-order valence-corrected chi connectivity index (χ4v) is 6.67. The Morgan fingerprint density at radius 1 is 0.542 bits per heavy atom. The zero-order chi connectivity index (χ0) is 34.7. The van der Waals surface area contributed by atoms with Gasteiger partial charge in [-0.3, -0.25) is 4.57 Å². The third kappa shape index (κ3) is 7.83. The molecule has 0 saturated carbocycles. The van der Waals surface area contributed by atoms with Crippen molar-refractivity contribution in [2.24, 2.45) is 0 Å². The topological polar surface area (TPSA) is 30.7 Å². The van der Waals surface area contributed by atoms with Crippen LogP contribution in [0.1, 0.15) is 124 Å². The average molecular weight is 640 g/mol. The van der Waals surface area contributed by atoms with E-state index in [-0.39, 0.29) is 16.2 Å². The van der Waals surface area contributed by atoms with E-state index in [1.807, 2.05) is 0 Å². The van der Waals surface area contributed by atoms with Gasteiger partial charge in [-0.2, -0.15) is 0 Å². The van der Waals surface area contributed by atoms with Gasteiger partial charge in [-0.1, -0.05) is 168 Å². The fourth-order valence-electron chi connectivity index (χ4n) is 6.67. The maximum atomic E-state index is 4.98. The summed E-state index contributed by atoms with van der Waals surface area (Å²) in [6.07, 6.45) is 6.94. The highest BCUT2D eigenvalue weighted by Crippen LogP contribution is 2.37. The van der Waals surface area contributed by atoms with Gasteiger partial charge in [-0.15, -0.1) is 10.2 Å². The monoisotopic (exact) mass is 639 g/mol. The normalized spacial score (nSPS) is 12.5. The van der Waals surface area contributed by atoms with Crippen LogP contribution < -0.4 is 0 Å². The fraction of sp³-hybridized carbons (Fsp3) is 0.422. The lowest BCUT2D eigenvalue weighted by molar-refractivity contribution is 0.416. The van der Waals surface area contributed by atoms with E-state index < -0.39 is 0 Å². The maximum Gasteiger partial charge on any atom is 0.168 e. The third-order valence-electron chi connectivity index (χ3n) is 9.91. The molecule has 0 aliphatic rings. The Morgan fingerprint density at radius 2 is 1.08 bits per heavy atom. The molecule has 0 atom stereocenters. The Hall–Kier alpha value is -3.98. The molecule has 0 saturated heterocycles. The first-order valence-corrected chi connectivity index (χ1v) is 18.1. The molecule has 3 nitrogen and oxygen atoms in total. The summed E-state index contributed by atoms with van der Waals surface area (Å²) in [7, 11) is 0. The van der Waals surface area contributed by atoms with Gasteiger partial charge in [0.1, 0.15) is 5.82 Å². The van der Waals surface area contributed by atoms with Gasteiger partial charge in [-0.05, 0) is 80.8 Å². The average Bonchev–Trinajstić information content (AvgIpc) is 3.52.